The highest BCUT2D eigenvalue weighted by molar-refractivity contribution is 5.81. The van der Waals surface area contributed by atoms with Gasteiger partial charge >= 0.3 is 6.09 Å². The van der Waals surface area contributed by atoms with Gasteiger partial charge in [-0.2, -0.15) is 0 Å². The minimum atomic E-state index is -1.47. The number of carbonyl (C=O) groups excluding carboxylic acids is 2. The molecule has 0 radical (unpaired) electrons. The number of unbranched alkanes of at least 4 members (excludes halogenated alkanes) is 20. The summed E-state index contributed by atoms with van der Waals surface area (Å²) >= 11 is 0. The van der Waals surface area contributed by atoms with E-state index in [-0.39, 0.29) is 6.61 Å². The number of hydrogen-bond donors (Lipinski definition) is 5. The van der Waals surface area contributed by atoms with Crippen LogP contribution in [0.15, 0.2) is 0 Å². The molecule has 0 bridgehead atoms. The fourth-order valence-electron chi connectivity index (χ4n) is 6.09. The maximum absolute atomic E-state index is 13.5. The van der Waals surface area contributed by atoms with Crippen LogP contribution < -0.4 is 11.1 Å². The molecular formula is C36H71N3O7. The zero-order valence-corrected chi connectivity index (χ0v) is 29.6. The van der Waals surface area contributed by atoms with E-state index in [0.717, 1.165) is 38.5 Å². The van der Waals surface area contributed by atoms with Crippen LogP contribution in [0.5, 0.6) is 0 Å². The Balaban J connectivity index is 2.69. The summed E-state index contributed by atoms with van der Waals surface area (Å²) in [5.41, 5.74) is 5.76. The van der Waals surface area contributed by atoms with Crippen LogP contribution in [0.25, 0.3) is 0 Å². The number of nitrogens with one attached hydrogen (secondary N) is 1. The van der Waals surface area contributed by atoms with Gasteiger partial charge in [-0.15, -0.1) is 0 Å². The van der Waals surface area contributed by atoms with Crippen LogP contribution in [0, 0.1) is 0 Å². The minimum Gasteiger partial charge on any atom is -0.449 e. The van der Waals surface area contributed by atoms with E-state index < -0.39 is 55.2 Å². The van der Waals surface area contributed by atoms with E-state index in [1.54, 1.807) is 0 Å². The Hall–Kier alpha value is -1.46. The van der Waals surface area contributed by atoms with Crippen molar-refractivity contribution in [3.05, 3.63) is 0 Å². The third kappa shape index (κ3) is 18.2. The molecule has 1 aliphatic heterocycles. The predicted octanol–water partition coefficient (Wildman–Crippen LogP) is 6.32. The zero-order valence-electron chi connectivity index (χ0n) is 29.6. The zero-order chi connectivity index (χ0) is 34.0. The van der Waals surface area contributed by atoms with Gasteiger partial charge in [-0.3, -0.25) is 9.69 Å². The van der Waals surface area contributed by atoms with Crippen LogP contribution >= 0.6 is 0 Å². The molecule has 10 nitrogen and oxygen atoms in total. The van der Waals surface area contributed by atoms with Crippen molar-refractivity contribution in [2.45, 2.75) is 199 Å². The lowest BCUT2D eigenvalue weighted by Crippen LogP contribution is -2.69. The number of rotatable bonds is 28. The Morgan fingerprint density at radius 3 is 1.61 bits per heavy atom. The molecule has 1 rings (SSSR count). The molecule has 10 heteroatoms. The molecule has 0 unspecified atom stereocenters. The molecule has 6 N–H and O–H groups in total. The van der Waals surface area contributed by atoms with Crippen LogP contribution in [0.4, 0.5) is 4.79 Å². The van der Waals surface area contributed by atoms with Gasteiger partial charge in [-0.05, 0) is 19.8 Å². The van der Waals surface area contributed by atoms with Gasteiger partial charge in [0.05, 0.1) is 19.3 Å². The summed E-state index contributed by atoms with van der Waals surface area (Å²) in [6.45, 7) is 5.99. The van der Waals surface area contributed by atoms with E-state index in [1.165, 1.54) is 108 Å². The fraction of sp³-hybridized carbons (Fsp3) is 0.944. The van der Waals surface area contributed by atoms with Gasteiger partial charge < -0.3 is 35.8 Å². The maximum Gasteiger partial charge on any atom is 0.411 e. The van der Waals surface area contributed by atoms with Crippen molar-refractivity contribution in [3.8, 4) is 0 Å². The van der Waals surface area contributed by atoms with Gasteiger partial charge in [0.25, 0.3) is 0 Å². The molecule has 1 heterocycles. The highest BCUT2D eigenvalue weighted by atomic mass is 16.6. The van der Waals surface area contributed by atoms with Crippen LogP contribution in [0.1, 0.15) is 162 Å². The summed E-state index contributed by atoms with van der Waals surface area (Å²) in [5.74, 6) is -0.545. The third-order valence-corrected chi connectivity index (χ3v) is 9.14. The lowest BCUT2D eigenvalue weighted by Gasteiger charge is -2.46. The van der Waals surface area contributed by atoms with Crippen molar-refractivity contribution in [1.82, 2.24) is 10.2 Å². The maximum atomic E-state index is 13.5. The summed E-state index contributed by atoms with van der Waals surface area (Å²) in [5, 5.41) is 34.0. The minimum absolute atomic E-state index is 0.266. The molecule has 0 aromatic rings. The molecule has 0 aromatic carbocycles. The van der Waals surface area contributed by atoms with Crippen molar-refractivity contribution in [2.24, 2.45) is 5.73 Å². The average Bonchev–Trinajstić information content (AvgIpc) is 3.04. The van der Waals surface area contributed by atoms with E-state index in [9.17, 15) is 24.9 Å². The van der Waals surface area contributed by atoms with E-state index in [1.807, 2.05) is 0 Å². The van der Waals surface area contributed by atoms with E-state index in [2.05, 4.69) is 19.2 Å². The van der Waals surface area contributed by atoms with Crippen LogP contribution in [0.2, 0.25) is 0 Å². The molecule has 2 amide bonds. The molecule has 1 fully saturated rings. The van der Waals surface area contributed by atoms with Gasteiger partial charge in [-0.1, -0.05) is 142 Å². The SMILES string of the molecule is CCCCCCCCCCCCCCN(C(=O)OCCCCCCCCCCCC)[C@@H]1O[C@H](CO)[C@@H](O)[C@H](O)[C@H]1NC(=O)[C@H](C)N. The second-order valence-electron chi connectivity index (χ2n) is 13.4. The number of carbonyl (C=O) groups is 2. The first-order chi connectivity index (χ1) is 22.3. The average molecular weight is 658 g/mol. The Morgan fingerprint density at radius 1 is 0.739 bits per heavy atom. The molecule has 0 aromatic heterocycles. The summed E-state index contributed by atoms with van der Waals surface area (Å²) in [6, 6.07) is -2.01. The van der Waals surface area contributed by atoms with Crippen LogP contribution in [-0.2, 0) is 14.3 Å². The van der Waals surface area contributed by atoms with Gasteiger partial charge in [0.15, 0.2) is 6.23 Å². The first-order valence-electron chi connectivity index (χ1n) is 18.9. The standard InChI is InChI=1S/C36H71N3O7/c1-4-6-8-10-12-14-16-17-18-20-22-24-26-39(36(44)45-27-25-23-21-19-15-13-11-9-7-5-2)35-31(38-34(43)29(3)37)33(42)32(41)30(28-40)46-35/h29-33,35,40-42H,4-28,37H2,1-3H3,(H,38,43)/t29-,30+,31+,32+,33+,35+/m0/s1. The number of amides is 2. The van der Waals surface area contributed by atoms with Gasteiger partial charge in [0, 0.05) is 6.54 Å². The number of aliphatic hydroxyl groups excluding tert-OH is 3. The molecular weight excluding hydrogens is 586 g/mol. The van der Waals surface area contributed by atoms with E-state index in [4.69, 9.17) is 15.2 Å². The molecule has 0 spiro atoms. The normalized spacial score (nSPS) is 22.0. The van der Waals surface area contributed by atoms with Gasteiger partial charge in [0.2, 0.25) is 5.91 Å². The molecule has 1 saturated heterocycles. The second-order valence-corrected chi connectivity index (χ2v) is 13.4. The van der Waals surface area contributed by atoms with E-state index >= 15 is 0 Å². The molecule has 272 valence electrons. The summed E-state index contributed by atoms with van der Waals surface area (Å²) in [6.07, 6.45) is 20.1. The van der Waals surface area contributed by atoms with Crippen molar-refractivity contribution >= 4 is 12.0 Å². The smallest absolute Gasteiger partial charge is 0.411 e. The van der Waals surface area contributed by atoms with Crippen molar-refractivity contribution in [2.75, 3.05) is 19.8 Å². The lowest BCUT2D eigenvalue weighted by molar-refractivity contribution is -0.226. The Bertz CT molecular complexity index is 757. The molecule has 0 aliphatic carbocycles. The molecule has 46 heavy (non-hydrogen) atoms. The highest BCUT2D eigenvalue weighted by Gasteiger charge is 2.48. The number of nitrogens with two attached hydrogens (primary N) is 1. The summed E-state index contributed by atoms with van der Waals surface area (Å²) in [7, 11) is 0. The quantitative estimate of drug-likeness (QED) is 0.0613. The van der Waals surface area contributed by atoms with Crippen LogP contribution in [-0.4, -0.2) is 88.6 Å². The number of hydrogen-bond acceptors (Lipinski definition) is 8. The monoisotopic (exact) mass is 658 g/mol. The first-order valence-corrected chi connectivity index (χ1v) is 18.9. The van der Waals surface area contributed by atoms with Crippen molar-refractivity contribution in [1.29, 1.82) is 0 Å². The largest absolute Gasteiger partial charge is 0.449 e. The molecule has 6 atom stereocenters. The second kappa shape index (κ2) is 27.5. The Morgan fingerprint density at radius 2 is 1.17 bits per heavy atom. The third-order valence-electron chi connectivity index (χ3n) is 9.14. The predicted molar refractivity (Wildman–Crippen MR) is 184 cm³/mol. The molecule has 0 saturated carbocycles. The first kappa shape index (κ1) is 42.6. The number of aliphatic hydroxyl groups is 3. The molecule has 1 aliphatic rings. The van der Waals surface area contributed by atoms with Crippen LogP contribution in [0.3, 0.4) is 0 Å². The van der Waals surface area contributed by atoms with E-state index in [0.29, 0.717) is 13.0 Å². The number of nitrogens with zero attached hydrogens (tertiary/aromatic N) is 1. The Kier molecular flexibility index (Phi) is 25.4. The summed E-state index contributed by atoms with van der Waals surface area (Å²) < 4.78 is 11.7. The topological polar surface area (TPSA) is 155 Å². The van der Waals surface area contributed by atoms with Gasteiger partial charge in [-0.25, -0.2) is 4.79 Å². The Labute approximate surface area is 280 Å². The van der Waals surface area contributed by atoms with Crippen molar-refractivity contribution in [3.63, 3.8) is 0 Å². The van der Waals surface area contributed by atoms with Gasteiger partial charge in [0.1, 0.15) is 24.4 Å². The summed E-state index contributed by atoms with van der Waals surface area (Å²) in [4.78, 5) is 27.4. The lowest BCUT2D eigenvalue weighted by atomic mass is 9.95. The highest BCUT2D eigenvalue weighted by Crippen LogP contribution is 2.25. The van der Waals surface area contributed by atoms with Crippen molar-refractivity contribution < 1.29 is 34.4 Å². The fourth-order valence-corrected chi connectivity index (χ4v) is 6.09. The number of ether oxygens (including phenoxy) is 2.